The van der Waals surface area contributed by atoms with Crippen molar-refractivity contribution in [3.8, 4) is 0 Å². The van der Waals surface area contributed by atoms with E-state index in [-0.39, 0.29) is 0 Å². The van der Waals surface area contributed by atoms with Crippen molar-refractivity contribution in [2.75, 3.05) is 0 Å². The first-order chi connectivity index (χ1) is 6.97. The zero-order chi connectivity index (χ0) is 9.64. The second-order valence-electron chi connectivity index (χ2n) is 2.65. The highest BCUT2D eigenvalue weighted by Gasteiger charge is 2.05. The minimum Gasteiger partial charge on any atom is -0.344 e. The summed E-state index contributed by atoms with van der Waals surface area (Å²) < 4.78 is 0. The van der Waals surface area contributed by atoms with E-state index >= 15 is 0 Å². The molecule has 0 atom stereocenters. The van der Waals surface area contributed by atoms with Crippen LogP contribution >= 0.6 is 0 Å². The number of hydrogen-bond donors (Lipinski definition) is 2. The van der Waals surface area contributed by atoms with Crippen LogP contribution in [0, 0.1) is 0 Å². The average Bonchev–Trinajstić information content (AvgIpc) is 2.62. The van der Waals surface area contributed by atoms with Crippen molar-refractivity contribution < 1.29 is 0 Å². The van der Waals surface area contributed by atoms with Crippen molar-refractivity contribution >= 4 is 11.7 Å². The zero-order valence-electron chi connectivity index (χ0n) is 7.51. The van der Waals surface area contributed by atoms with Gasteiger partial charge in [0.25, 0.3) is 0 Å². The van der Waals surface area contributed by atoms with Gasteiger partial charge in [0, 0.05) is 24.8 Å². The van der Waals surface area contributed by atoms with Gasteiger partial charge in [0.15, 0.2) is 11.7 Å². The molecule has 0 aromatic rings. The largest absolute Gasteiger partial charge is 0.344 e. The third kappa shape index (κ3) is 1.98. The Hall–Kier alpha value is -2.10. The maximum absolute atomic E-state index is 4.19. The van der Waals surface area contributed by atoms with Crippen LogP contribution < -0.4 is 10.6 Å². The van der Waals surface area contributed by atoms with Crippen LogP contribution in [-0.2, 0) is 0 Å². The second-order valence-corrected chi connectivity index (χ2v) is 2.65. The summed E-state index contributed by atoms with van der Waals surface area (Å²) in [6, 6.07) is 0. The minimum atomic E-state index is 0.700. The predicted octanol–water partition coefficient (Wildman–Crippen LogP) is 1.04. The molecule has 0 aliphatic carbocycles. The lowest BCUT2D eigenvalue weighted by atomic mass is 10.5. The number of rotatable bonds is 1. The molecule has 0 bridgehead atoms. The molecule has 0 spiro atoms. The van der Waals surface area contributed by atoms with E-state index in [1.165, 1.54) is 0 Å². The molecule has 0 radical (unpaired) electrons. The number of nitrogens with one attached hydrogen (secondary N) is 2. The molecule has 4 nitrogen and oxygen atoms in total. The molecule has 2 rings (SSSR count). The van der Waals surface area contributed by atoms with Crippen molar-refractivity contribution in [2.45, 2.75) is 0 Å². The minimum absolute atomic E-state index is 0.700. The monoisotopic (exact) mass is 186 g/mol. The van der Waals surface area contributed by atoms with Crippen LogP contribution in [0.25, 0.3) is 0 Å². The Kier molecular flexibility index (Phi) is 2.56. The SMILES string of the molecule is C1=CN=C(C2=NC=CC=CN2)NC=C1. The first kappa shape index (κ1) is 8.50. The van der Waals surface area contributed by atoms with Crippen LogP contribution in [0.15, 0.2) is 59.1 Å². The Labute approximate surface area is 82.1 Å². The summed E-state index contributed by atoms with van der Waals surface area (Å²) in [6.07, 6.45) is 14.5. The summed E-state index contributed by atoms with van der Waals surface area (Å²) >= 11 is 0. The van der Waals surface area contributed by atoms with Gasteiger partial charge in [-0.3, -0.25) is 0 Å². The van der Waals surface area contributed by atoms with Crippen molar-refractivity contribution in [1.82, 2.24) is 10.6 Å². The average molecular weight is 186 g/mol. The number of amidine groups is 2. The number of aliphatic imine (C=N–C) groups is 2. The maximum Gasteiger partial charge on any atom is 0.173 e. The van der Waals surface area contributed by atoms with Gasteiger partial charge < -0.3 is 10.6 Å². The summed E-state index contributed by atoms with van der Waals surface area (Å²) in [5.74, 6) is 1.40. The second kappa shape index (κ2) is 4.23. The Morgan fingerprint density at radius 1 is 0.714 bits per heavy atom. The molecule has 0 saturated heterocycles. The van der Waals surface area contributed by atoms with E-state index in [0.29, 0.717) is 11.7 Å². The van der Waals surface area contributed by atoms with E-state index in [1.54, 1.807) is 12.4 Å². The number of allylic oxidation sites excluding steroid dienone is 4. The van der Waals surface area contributed by atoms with Crippen LogP contribution in [0.4, 0.5) is 0 Å². The van der Waals surface area contributed by atoms with Gasteiger partial charge in [-0.2, -0.15) is 0 Å². The van der Waals surface area contributed by atoms with Gasteiger partial charge >= 0.3 is 0 Å². The molecular formula is C10H10N4. The van der Waals surface area contributed by atoms with Crippen LogP contribution in [0.5, 0.6) is 0 Å². The Bertz CT molecular complexity index is 345. The lowest BCUT2D eigenvalue weighted by molar-refractivity contribution is 1.22. The highest BCUT2D eigenvalue weighted by Crippen LogP contribution is 1.92. The molecule has 2 aliphatic heterocycles. The van der Waals surface area contributed by atoms with Crippen molar-refractivity contribution in [2.24, 2.45) is 9.98 Å². The lowest BCUT2D eigenvalue weighted by Crippen LogP contribution is -2.34. The van der Waals surface area contributed by atoms with E-state index in [0.717, 1.165) is 0 Å². The van der Waals surface area contributed by atoms with Crippen molar-refractivity contribution in [3.05, 3.63) is 49.1 Å². The van der Waals surface area contributed by atoms with Crippen LogP contribution in [0.2, 0.25) is 0 Å². The Morgan fingerprint density at radius 2 is 1.21 bits per heavy atom. The number of nitrogens with zero attached hydrogens (tertiary/aromatic N) is 2. The summed E-state index contributed by atoms with van der Waals surface area (Å²) in [7, 11) is 0. The Morgan fingerprint density at radius 3 is 1.71 bits per heavy atom. The van der Waals surface area contributed by atoms with Crippen LogP contribution in [0.3, 0.4) is 0 Å². The third-order valence-corrected chi connectivity index (χ3v) is 1.66. The smallest absolute Gasteiger partial charge is 0.173 e. The zero-order valence-corrected chi connectivity index (χ0v) is 7.51. The van der Waals surface area contributed by atoms with Gasteiger partial charge in [-0.15, -0.1) is 0 Å². The van der Waals surface area contributed by atoms with E-state index in [9.17, 15) is 0 Å². The van der Waals surface area contributed by atoms with Crippen molar-refractivity contribution in [3.63, 3.8) is 0 Å². The molecule has 0 unspecified atom stereocenters. The molecule has 14 heavy (non-hydrogen) atoms. The predicted molar refractivity (Wildman–Crippen MR) is 57.7 cm³/mol. The van der Waals surface area contributed by atoms with Crippen molar-refractivity contribution in [1.29, 1.82) is 0 Å². The molecule has 0 aromatic heterocycles. The van der Waals surface area contributed by atoms with Crippen LogP contribution in [-0.4, -0.2) is 11.7 Å². The summed E-state index contributed by atoms with van der Waals surface area (Å²) in [5, 5.41) is 6.05. The van der Waals surface area contributed by atoms with E-state index in [2.05, 4.69) is 20.6 Å². The van der Waals surface area contributed by atoms with Gasteiger partial charge in [-0.1, -0.05) is 0 Å². The molecule has 2 heterocycles. The summed E-state index contributed by atoms with van der Waals surface area (Å²) in [5.41, 5.74) is 0. The molecule has 2 N–H and O–H groups in total. The fourth-order valence-corrected chi connectivity index (χ4v) is 1.03. The quantitative estimate of drug-likeness (QED) is 0.643. The molecule has 0 saturated carbocycles. The first-order valence-corrected chi connectivity index (χ1v) is 4.29. The third-order valence-electron chi connectivity index (χ3n) is 1.66. The van der Waals surface area contributed by atoms with Gasteiger partial charge in [-0.05, 0) is 24.3 Å². The number of hydrogen-bond acceptors (Lipinski definition) is 4. The fourth-order valence-electron chi connectivity index (χ4n) is 1.03. The molecule has 0 amide bonds. The standard InChI is InChI=1S/C10H10N4/c1-2-6-12-9(11-5-1)10-13-7-3-4-8-14-10/h1-8H,(H,11,12)(H,13,14). The highest BCUT2D eigenvalue weighted by molar-refractivity contribution is 6.41. The molecular weight excluding hydrogens is 176 g/mol. The van der Waals surface area contributed by atoms with E-state index < -0.39 is 0 Å². The normalized spacial score (nSPS) is 18.9. The maximum atomic E-state index is 4.19. The Balaban J connectivity index is 2.22. The molecule has 70 valence electrons. The molecule has 2 aliphatic rings. The van der Waals surface area contributed by atoms with Crippen LogP contribution in [0.1, 0.15) is 0 Å². The first-order valence-electron chi connectivity index (χ1n) is 4.29. The van der Waals surface area contributed by atoms with Gasteiger partial charge in [0.2, 0.25) is 0 Å². The summed E-state index contributed by atoms with van der Waals surface area (Å²) in [6.45, 7) is 0. The van der Waals surface area contributed by atoms with Gasteiger partial charge in [0.05, 0.1) is 0 Å². The molecule has 4 heteroatoms. The topological polar surface area (TPSA) is 48.8 Å². The molecule has 0 fully saturated rings. The van der Waals surface area contributed by atoms with Gasteiger partial charge in [0.1, 0.15) is 0 Å². The highest BCUT2D eigenvalue weighted by atomic mass is 15.1. The van der Waals surface area contributed by atoms with E-state index in [1.807, 2.05) is 36.7 Å². The lowest BCUT2D eigenvalue weighted by Gasteiger charge is -2.06. The molecule has 0 aromatic carbocycles. The van der Waals surface area contributed by atoms with Gasteiger partial charge in [-0.25, -0.2) is 9.98 Å². The fraction of sp³-hybridized carbons (Fsp3) is 0. The summed E-state index contributed by atoms with van der Waals surface area (Å²) in [4.78, 5) is 8.38. The van der Waals surface area contributed by atoms with E-state index in [4.69, 9.17) is 0 Å².